The van der Waals surface area contributed by atoms with Crippen LogP contribution in [0.15, 0.2) is 55.0 Å². The minimum atomic E-state index is -4.73. The van der Waals surface area contributed by atoms with Gasteiger partial charge in [0.15, 0.2) is 5.82 Å². The van der Waals surface area contributed by atoms with Gasteiger partial charge in [-0.3, -0.25) is 9.59 Å². The number of hydrogen-bond acceptors (Lipinski definition) is 7. The molecular formula is C25H22F3N7O3. The molecule has 1 unspecified atom stereocenters. The third-order valence-corrected chi connectivity index (χ3v) is 6.29. The summed E-state index contributed by atoms with van der Waals surface area (Å²) in [6.07, 6.45) is -2.03. The molecule has 1 aliphatic rings. The van der Waals surface area contributed by atoms with Gasteiger partial charge in [-0.2, -0.15) is 18.3 Å². The molecular weight excluding hydrogens is 503 g/mol. The first-order valence-corrected chi connectivity index (χ1v) is 11.5. The lowest BCUT2D eigenvalue weighted by Gasteiger charge is -2.17. The van der Waals surface area contributed by atoms with Gasteiger partial charge in [-0.05, 0) is 24.1 Å². The van der Waals surface area contributed by atoms with E-state index in [1.807, 2.05) is 30.3 Å². The number of halogens is 3. The molecule has 4 aromatic rings. The first kappa shape index (κ1) is 25.0. The van der Waals surface area contributed by atoms with Crippen molar-refractivity contribution in [3.63, 3.8) is 0 Å². The van der Waals surface area contributed by atoms with Crippen LogP contribution >= 0.6 is 0 Å². The third kappa shape index (κ3) is 4.58. The number of methoxy groups -OCH3 is 1. The summed E-state index contributed by atoms with van der Waals surface area (Å²) in [6, 6.07) is 10.9. The van der Waals surface area contributed by atoms with Crippen molar-refractivity contribution in [3.8, 4) is 17.1 Å². The number of nitrogens with one attached hydrogen (secondary N) is 1. The fourth-order valence-corrected chi connectivity index (χ4v) is 4.48. The summed E-state index contributed by atoms with van der Waals surface area (Å²) in [7, 11) is 1.31. The van der Waals surface area contributed by atoms with Crippen molar-refractivity contribution in [1.29, 1.82) is 0 Å². The largest absolute Gasteiger partial charge is 0.480 e. The predicted molar refractivity (Wildman–Crippen MR) is 130 cm³/mol. The van der Waals surface area contributed by atoms with Crippen molar-refractivity contribution in [2.75, 3.05) is 19.4 Å². The minimum absolute atomic E-state index is 0.00314. The van der Waals surface area contributed by atoms with Gasteiger partial charge >= 0.3 is 6.18 Å². The van der Waals surface area contributed by atoms with E-state index in [4.69, 9.17) is 10.5 Å². The number of ether oxygens (including phenoxy) is 1. The van der Waals surface area contributed by atoms with Crippen LogP contribution in [0.5, 0.6) is 5.88 Å². The number of nitrogens with two attached hydrogens (primary N) is 1. The molecule has 1 atom stereocenters. The molecule has 0 bridgehead atoms. The zero-order chi connectivity index (χ0) is 27.0. The average Bonchev–Trinajstić information content (AvgIpc) is 3.46. The minimum Gasteiger partial charge on any atom is -0.480 e. The average molecular weight is 525 g/mol. The Bertz CT molecular complexity index is 1520. The molecule has 0 spiro atoms. The number of aromatic nitrogens is 4. The lowest BCUT2D eigenvalue weighted by molar-refractivity contribution is -0.136. The van der Waals surface area contributed by atoms with E-state index in [0.717, 1.165) is 22.5 Å². The Hall–Kier alpha value is -4.68. The maximum absolute atomic E-state index is 13.7. The fraction of sp³-hybridized carbons (Fsp3) is 0.240. The number of carbonyl (C=O) groups excluding carboxylic acids is 2. The van der Waals surface area contributed by atoms with Crippen LogP contribution in [0.1, 0.15) is 27.9 Å². The van der Waals surface area contributed by atoms with Gasteiger partial charge in [0, 0.05) is 24.8 Å². The lowest BCUT2D eigenvalue weighted by atomic mass is 10.1. The van der Waals surface area contributed by atoms with E-state index >= 15 is 0 Å². The zero-order valence-corrected chi connectivity index (χ0v) is 20.1. The van der Waals surface area contributed by atoms with E-state index in [1.54, 1.807) is 4.90 Å². The molecule has 1 saturated heterocycles. The second kappa shape index (κ2) is 9.65. The van der Waals surface area contributed by atoms with E-state index in [9.17, 15) is 22.8 Å². The number of rotatable bonds is 6. The van der Waals surface area contributed by atoms with Crippen molar-refractivity contribution in [2.24, 2.45) is 0 Å². The number of carbonyl (C=O) groups is 2. The highest BCUT2D eigenvalue weighted by Gasteiger charge is 2.37. The van der Waals surface area contributed by atoms with Crippen molar-refractivity contribution in [1.82, 2.24) is 29.8 Å². The maximum atomic E-state index is 13.7. The van der Waals surface area contributed by atoms with Crippen LogP contribution in [-0.4, -0.2) is 56.0 Å². The molecule has 1 aromatic carbocycles. The highest BCUT2D eigenvalue weighted by molar-refractivity contribution is 6.00. The summed E-state index contributed by atoms with van der Waals surface area (Å²) in [4.78, 5) is 35.6. The summed E-state index contributed by atoms with van der Waals surface area (Å²) >= 11 is 0. The van der Waals surface area contributed by atoms with Gasteiger partial charge in [-0.1, -0.05) is 30.3 Å². The summed E-state index contributed by atoms with van der Waals surface area (Å²) in [5, 5.41) is 6.63. The highest BCUT2D eigenvalue weighted by atomic mass is 19.4. The SMILES string of the molecule is COc1ncc(-c2cc(C(F)(F)F)c3c(N)ncnn23)cc1C(=O)NC1CCN(Cc2ccccc2)C1=O. The van der Waals surface area contributed by atoms with Crippen molar-refractivity contribution in [3.05, 3.63) is 71.7 Å². The van der Waals surface area contributed by atoms with Gasteiger partial charge in [-0.25, -0.2) is 14.5 Å². The monoisotopic (exact) mass is 525 g/mol. The Morgan fingerprint density at radius 3 is 2.68 bits per heavy atom. The Morgan fingerprint density at radius 1 is 1.21 bits per heavy atom. The van der Waals surface area contributed by atoms with E-state index < -0.39 is 29.2 Å². The Kier molecular flexibility index (Phi) is 6.35. The van der Waals surface area contributed by atoms with Crippen LogP contribution in [-0.2, 0) is 17.5 Å². The molecule has 2 amide bonds. The number of fused-ring (bicyclic) bond motifs is 1. The summed E-state index contributed by atoms with van der Waals surface area (Å²) in [5.41, 5.74) is 5.36. The molecule has 196 valence electrons. The van der Waals surface area contributed by atoms with Crippen LogP contribution in [0.3, 0.4) is 0 Å². The van der Waals surface area contributed by atoms with Gasteiger partial charge in [0.25, 0.3) is 5.91 Å². The Labute approximate surface area is 214 Å². The molecule has 1 fully saturated rings. The number of anilines is 1. The first-order chi connectivity index (χ1) is 18.2. The number of amides is 2. The molecule has 0 saturated carbocycles. The van der Waals surface area contributed by atoms with Gasteiger partial charge in [-0.15, -0.1) is 0 Å². The number of likely N-dealkylation sites (tertiary alicyclic amines) is 1. The predicted octanol–water partition coefficient (Wildman–Crippen LogP) is 2.93. The van der Waals surface area contributed by atoms with Crippen LogP contribution in [0, 0.1) is 0 Å². The molecule has 0 radical (unpaired) electrons. The van der Waals surface area contributed by atoms with E-state index in [2.05, 4.69) is 20.4 Å². The molecule has 3 N–H and O–H groups in total. The van der Waals surface area contributed by atoms with Crippen molar-refractivity contribution >= 4 is 23.1 Å². The summed E-state index contributed by atoms with van der Waals surface area (Å²) < 4.78 is 47.4. The van der Waals surface area contributed by atoms with Crippen molar-refractivity contribution < 1.29 is 27.5 Å². The molecule has 0 aliphatic carbocycles. The number of pyridine rings is 1. The molecule has 4 heterocycles. The molecule has 13 heteroatoms. The standard InChI is InChI=1S/C25H22F3N7O3/c1-38-23-16(22(36)33-18-7-8-34(24(18)37)12-14-5-3-2-4-6-14)9-15(11-30-23)19-10-17(25(26,27)28)20-21(29)31-13-32-35(19)20/h2-6,9-11,13,18H,7-8,12H2,1H3,(H,33,36)(H2,29,31,32). The smallest absolute Gasteiger partial charge is 0.418 e. The van der Waals surface area contributed by atoms with Crippen LogP contribution < -0.4 is 15.8 Å². The van der Waals surface area contributed by atoms with Gasteiger partial charge in [0.05, 0.1) is 18.4 Å². The highest BCUT2D eigenvalue weighted by Crippen LogP contribution is 2.39. The van der Waals surface area contributed by atoms with Gasteiger partial charge < -0.3 is 20.7 Å². The second-order valence-electron chi connectivity index (χ2n) is 8.69. The molecule has 5 rings (SSSR count). The molecule has 10 nitrogen and oxygen atoms in total. The maximum Gasteiger partial charge on any atom is 0.418 e. The Morgan fingerprint density at radius 2 is 1.97 bits per heavy atom. The number of hydrogen-bond donors (Lipinski definition) is 2. The molecule has 3 aromatic heterocycles. The van der Waals surface area contributed by atoms with Gasteiger partial charge in [0.2, 0.25) is 11.8 Å². The van der Waals surface area contributed by atoms with E-state index in [0.29, 0.717) is 19.5 Å². The van der Waals surface area contributed by atoms with Gasteiger partial charge in [0.1, 0.15) is 23.4 Å². The fourth-order valence-electron chi connectivity index (χ4n) is 4.48. The quantitative estimate of drug-likeness (QED) is 0.396. The lowest BCUT2D eigenvalue weighted by Crippen LogP contribution is -2.41. The summed E-state index contributed by atoms with van der Waals surface area (Å²) in [5.74, 6) is -1.28. The molecule has 1 aliphatic heterocycles. The number of benzene rings is 1. The summed E-state index contributed by atoms with van der Waals surface area (Å²) in [6.45, 7) is 0.881. The topological polar surface area (TPSA) is 128 Å². The third-order valence-electron chi connectivity index (χ3n) is 6.29. The van der Waals surface area contributed by atoms with E-state index in [-0.39, 0.29) is 34.4 Å². The second-order valence-corrected chi connectivity index (χ2v) is 8.69. The Balaban J connectivity index is 1.44. The number of nitrogens with zero attached hydrogens (tertiary/aromatic N) is 5. The van der Waals surface area contributed by atoms with Crippen LogP contribution in [0.4, 0.5) is 19.0 Å². The zero-order valence-electron chi connectivity index (χ0n) is 20.1. The van der Waals surface area contributed by atoms with Crippen LogP contribution in [0.25, 0.3) is 16.8 Å². The van der Waals surface area contributed by atoms with Crippen LogP contribution in [0.2, 0.25) is 0 Å². The normalized spacial score (nSPS) is 15.7. The number of nitrogen functional groups attached to an aromatic ring is 1. The van der Waals surface area contributed by atoms with Crippen molar-refractivity contribution in [2.45, 2.75) is 25.2 Å². The van der Waals surface area contributed by atoms with E-state index in [1.165, 1.54) is 19.4 Å². The number of alkyl halides is 3. The molecule has 38 heavy (non-hydrogen) atoms. The first-order valence-electron chi connectivity index (χ1n) is 11.5.